The number of piperidine rings is 1. The van der Waals surface area contributed by atoms with E-state index in [2.05, 4.69) is 15.1 Å². The van der Waals surface area contributed by atoms with Crippen molar-refractivity contribution >= 4 is 5.91 Å². The molecule has 20 heavy (non-hydrogen) atoms. The molecule has 0 saturated carbocycles. The van der Waals surface area contributed by atoms with Gasteiger partial charge in [0.1, 0.15) is 0 Å². The molecule has 3 saturated heterocycles. The van der Waals surface area contributed by atoms with Crippen LogP contribution >= 0.6 is 0 Å². The minimum Gasteiger partial charge on any atom is -0.342 e. The van der Waals surface area contributed by atoms with Crippen LogP contribution in [0.3, 0.4) is 0 Å². The zero-order valence-electron chi connectivity index (χ0n) is 12.6. The number of hydrogen-bond acceptors (Lipinski definition) is 3. The summed E-state index contributed by atoms with van der Waals surface area (Å²) in [5.74, 6) is 1.38. The molecule has 1 N–H and O–H groups in total. The van der Waals surface area contributed by atoms with Crippen molar-refractivity contribution in [2.45, 2.75) is 38.5 Å². The highest BCUT2D eigenvalue weighted by Crippen LogP contribution is 2.21. The molecule has 3 heterocycles. The third-order valence-corrected chi connectivity index (χ3v) is 5.18. The molecular weight excluding hydrogens is 250 g/mol. The van der Waals surface area contributed by atoms with Crippen LogP contribution in [0.25, 0.3) is 0 Å². The summed E-state index contributed by atoms with van der Waals surface area (Å²) in [6, 6.07) is 0. The summed E-state index contributed by atoms with van der Waals surface area (Å²) >= 11 is 0. The topological polar surface area (TPSA) is 35.6 Å². The summed E-state index contributed by atoms with van der Waals surface area (Å²) in [4.78, 5) is 17.1. The number of amides is 1. The molecule has 3 aliphatic rings. The van der Waals surface area contributed by atoms with Crippen molar-refractivity contribution in [1.82, 2.24) is 15.1 Å². The Kier molecular flexibility index (Phi) is 4.94. The van der Waals surface area contributed by atoms with E-state index in [4.69, 9.17) is 0 Å². The van der Waals surface area contributed by atoms with Gasteiger partial charge in [0.2, 0.25) is 5.91 Å². The normalized spacial score (nSPS) is 29.8. The van der Waals surface area contributed by atoms with Crippen molar-refractivity contribution < 1.29 is 4.79 Å². The van der Waals surface area contributed by atoms with E-state index in [9.17, 15) is 4.79 Å². The van der Waals surface area contributed by atoms with Gasteiger partial charge in [-0.1, -0.05) is 12.8 Å². The van der Waals surface area contributed by atoms with E-state index < -0.39 is 0 Å². The van der Waals surface area contributed by atoms with E-state index >= 15 is 0 Å². The molecule has 114 valence electrons. The average Bonchev–Trinajstić information content (AvgIpc) is 2.66. The van der Waals surface area contributed by atoms with Gasteiger partial charge in [-0.15, -0.1) is 0 Å². The fraction of sp³-hybridized carbons (Fsp3) is 0.938. The summed E-state index contributed by atoms with van der Waals surface area (Å²) in [6.45, 7) is 7.55. The summed E-state index contributed by atoms with van der Waals surface area (Å²) in [6.07, 6.45) is 8.04. The number of carbonyl (C=O) groups is 1. The molecule has 3 fully saturated rings. The minimum atomic E-state index is 0.270. The van der Waals surface area contributed by atoms with E-state index in [0.717, 1.165) is 26.2 Å². The van der Waals surface area contributed by atoms with Crippen LogP contribution in [0.1, 0.15) is 38.5 Å². The molecule has 3 aliphatic heterocycles. The maximum atomic E-state index is 12.3. The van der Waals surface area contributed by atoms with Crippen molar-refractivity contribution in [2.24, 2.45) is 11.8 Å². The van der Waals surface area contributed by atoms with E-state index in [-0.39, 0.29) is 5.92 Å². The second-order valence-corrected chi connectivity index (χ2v) is 6.86. The number of rotatable bonds is 3. The van der Waals surface area contributed by atoms with E-state index in [1.54, 1.807) is 0 Å². The zero-order valence-corrected chi connectivity index (χ0v) is 12.6. The third kappa shape index (κ3) is 3.53. The van der Waals surface area contributed by atoms with Gasteiger partial charge in [0.25, 0.3) is 0 Å². The number of nitrogens with one attached hydrogen (secondary N) is 1. The van der Waals surface area contributed by atoms with Crippen LogP contribution in [0.15, 0.2) is 0 Å². The Balaban J connectivity index is 1.48. The maximum absolute atomic E-state index is 12.3. The third-order valence-electron chi connectivity index (χ3n) is 5.18. The monoisotopic (exact) mass is 279 g/mol. The molecule has 0 aliphatic carbocycles. The maximum Gasteiger partial charge on any atom is 0.228 e. The Hall–Kier alpha value is -0.610. The first-order chi connectivity index (χ1) is 9.83. The largest absolute Gasteiger partial charge is 0.342 e. The standard InChI is InChI=1S/C16H29N3O/c20-16(15-10-17-11-15)19-9-5-6-14(13-19)12-18-7-3-1-2-4-8-18/h14-15,17H,1-13H2. The van der Waals surface area contributed by atoms with Gasteiger partial charge in [-0.25, -0.2) is 0 Å². The Morgan fingerprint density at radius 2 is 1.75 bits per heavy atom. The summed E-state index contributed by atoms with van der Waals surface area (Å²) in [7, 11) is 0. The van der Waals surface area contributed by atoms with Crippen LogP contribution in [0.2, 0.25) is 0 Å². The predicted octanol–water partition coefficient (Wildman–Crippen LogP) is 1.32. The first-order valence-corrected chi connectivity index (χ1v) is 8.55. The van der Waals surface area contributed by atoms with Gasteiger partial charge >= 0.3 is 0 Å². The summed E-state index contributed by atoms with van der Waals surface area (Å²) < 4.78 is 0. The Labute approximate surface area is 122 Å². The Bertz CT molecular complexity index is 322. The lowest BCUT2D eigenvalue weighted by atomic mass is 9.94. The van der Waals surface area contributed by atoms with E-state index in [1.807, 2.05) is 0 Å². The van der Waals surface area contributed by atoms with Crippen LogP contribution in [-0.2, 0) is 4.79 Å². The fourth-order valence-electron chi connectivity index (χ4n) is 3.82. The molecule has 0 aromatic rings. The van der Waals surface area contributed by atoms with Crippen molar-refractivity contribution in [3.63, 3.8) is 0 Å². The predicted molar refractivity (Wildman–Crippen MR) is 80.6 cm³/mol. The van der Waals surface area contributed by atoms with Gasteiger partial charge in [-0.2, -0.15) is 0 Å². The van der Waals surface area contributed by atoms with Gasteiger partial charge in [0, 0.05) is 32.7 Å². The summed E-state index contributed by atoms with van der Waals surface area (Å²) in [5.41, 5.74) is 0. The molecule has 0 spiro atoms. The highest BCUT2D eigenvalue weighted by molar-refractivity contribution is 5.80. The number of carbonyl (C=O) groups excluding carboxylic acids is 1. The fourth-order valence-corrected chi connectivity index (χ4v) is 3.82. The Morgan fingerprint density at radius 3 is 2.40 bits per heavy atom. The molecule has 0 radical (unpaired) electrons. The van der Waals surface area contributed by atoms with Gasteiger partial charge in [-0.3, -0.25) is 4.79 Å². The quantitative estimate of drug-likeness (QED) is 0.846. The number of hydrogen-bond donors (Lipinski definition) is 1. The lowest BCUT2D eigenvalue weighted by molar-refractivity contribution is -0.139. The molecule has 1 atom stereocenters. The molecule has 0 aromatic heterocycles. The molecule has 3 rings (SSSR count). The van der Waals surface area contributed by atoms with Crippen LogP contribution in [0.4, 0.5) is 0 Å². The highest BCUT2D eigenvalue weighted by atomic mass is 16.2. The SMILES string of the molecule is O=C(C1CNC1)N1CCCC(CN2CCCCCC2)C1. The number of nitrogens with zero attached hydrogens (tertiary/aromatic N) is 2. The average molecular weight is 279 g/mol. The minimum absolute atomic E-state index is 0.270. The van der Waals surface area contributed by atoms with Crippen LogP contribution < -0.4 is 5.32 Å². The smallest absolute Gasteiger partial charge is 0.228 e. The lowest BCUT2D eigenvalue weighted by Gasteiger charge is -2.39. The number of likely N-dealkylation sites (tertiary alicyclic amines) is 2. The zero-order chi connectivity index (χ0) is 13.8. The van der Waals surface area contributed by atoms with Crippen LogP contribution in [0, 0.1) is 11.8 Å². The first kappa shape index (κ1) is 14.3. The van der Waals surface area contributed by atoms with Crippen molar-refractivity contribution in [3.05, 3.63) is 0 Å². The summed E-state index contributed by atoms with van der Waals surface area (Å²) in [5, 5.41) is 3.21. The molecule has 4 heteroatoms. The molecule has 0 bridgehead atoms. The van der Waals surface area contributed by atoms with Crippen LogP contribution in [0.5, 0.6) is 0 Å². The van der Waals surface area contributed by atoms with E-state index in [1.165, 1.54) is 58.2 Å². The van der Waals surface area contributed by atoms with Crippen LogP contribution in [-0.4, -0.2) is 61.5 Å². The van der Waals surface area contributed by atoms with Gasteiger partial charge in [-0.05, 0) is 44.7 Å². The van der Waals surface area contributed by atoms with Gasteiger partial charge in [0.15, 0.2) is 0 Å². The Morgan fingerprint density at radius 1 is 1.00 bits per heavy atom. The molecule has 1 unspecified atom stereocenters. The molecular formula is C16H29N3O. The van der Waals surface area contributed by atoms with Crippen molar-refractivity contribution in [3.8, 4) is 0 Å². The molecule has 0 aromatic carbocycles. The highest BCUT2D eigenvalue weighted by Gasteiger charge is 2.32. The first-order valence-electron chi connectivity index (χ1n) is 8.55. The van der Waals surface area contributed by atoms with Crippen molar-refractivity contribution in [2.75, 3.05) is 45.8 Å². The lowest BCUT2D eigenvalue weighted by Crippen LogP contribution is -2.54. The van der Waals surface area contributed by atoms with Gasteiger partial charge < -0.3 is 15.1 Å². The van der Waals surface area contributed by atoms with E-state index in [0.29, 0.717) is 11.8 Å². The second kappa shape index (κ2) is 6.90. The van der Waals surface area contributed by atoms with Crippen molar-refractivity contribution in [1.29, 1.82) is 0 Å². The van der Waals surface area contributed by atoms with Gasteiger partial charge in [0.05, 0.1) is 5.92 Å². The molecule has 1 amide bonds. The second-order valence-electron chi connectivity index (χ2n) is 6.86. The molecule has 4 nitrogen and oxygen atoms in total.